The van der Waals surface area contributed by atoms with Gasteiger partial charge in [0.15, 0.2) is 0 Å². The third-order valence-corrected chi connectivity index (χ3v) is 4.31. The number of carbonyl (C=O) groups excluding carboxylic acids is 5. The summed E-state index contributed by atoms with van der Waals surface area (Å²) in [5, 5.41) is 13.0. The van der Waals surface area contributed by atoms with Crippen molar-refractivity contribution < 1.29 is 33.9 Å². The van der Waals surface area contributed by atoms with Gasteiger partial charge in [0.05, 0.1) is 12.5 Å². The Labute approximate surface area is 166 Å². The number of hydrogen-bond donors (Lipinski definition) is 6. The molecule has 1 saturated heterocycles. The molecule has 0 radical (unpaired) electrons. The van der Waals surface area contributed by atoms with Gasteiger partial charge in [0.2, 0.25) is 29.5 Å². The quantitative estimate of drug-likeness (QED) is 0.195. The molecule has 0 spiro atoms. The van der Waals surface area contributed by atoms with Gasteiger partial charge in [0, 0.05) is 13.0 Å². The van der Waals surface area contributed by atoms with Gasteiger partial charge < -0.3 is 37.8 Å². The highest BCUT2D eigenvalue weighted by Crippen LogP contribution is 2.19. The van der Waals surface area contributed by atoms with Crippen molar-refractivity contribution in [2.24, 2.45) is 17.2 Å². The lowest BCUT2D eigenvalue weighted by molar-refractivity contribution is -0.141. The smallest absolute Gasteiger partial charge is 0.322 e. The lowest BCUT2D eigenvalue weighted by atomic mass is 10.1. The second kappa shape index (κ2) is 10.9. The van der Waals surface area contributed by atoms with Gasteiger partial charge >= 0.3 is 5.97 Å². The van der Waals surface area contributed by atoms with E-state index >= 15 is 0 Å². The molecule has 0 bridgehead atoms. The first kappa shape index (κ1) is 23.8. The van der Waals surface area contributed by atoms with Crippen LogP contribution < -0.4 is 27.8 Å². The van der Waals surface area contributed by atoms with Gasteiger partial charge in [-0.3, -0.25) is 28.8 Å². The fourth-order valence-corrected chi connectivity index (χ4v) is 2.90. The third kappa shape index (κ3) is 7.73. The number of aliphatic carboxylic acids is 1. The van der Waals surface area contributed by atoms with E-state index in [0.717, 1.165) is 0 Å². The first-order valence-electron chi connectivity index (χ1n) is 8.95. The van der Waals surface area contributed by atoms with E-state index in [1.54, 1.807) is 0 Å². The SMILES string of the molecule is NC(=O)CCC(N)C(=O)N1CCCC1C(=O)NC(CC(N)=O)C(=O)NCC(=O)O. The number of likely N-dealkylation sites (tertiary alicyclic amines) is 1. The van der Waals surface area contributed by atoms with E-state index in [0.29, 0.717) is 12.8 Å². The Balaban J connectivity index is 2.80. The van der Waals surface area contributed by atoms with Gasteiger partial charge in [-0.25, -0.2) is 0 Å². The van der Waals surface area contributed by atoms with E-state index in [1.807, 2.05) is 0 Å². The van der Waals surface area contributed by atoms with Crippen LogP contribution in [0.3, 0.4) is 0 Å². The Morgan fingerprint density at radius 1 is 1.10 bits per heavy atom. The number of carboxylic acids is 1. The molecule has 13 nitrogen and oxygen atoms in total. The maximum absolute atomic E-state index is 12.6. The third-order valence-electron chi connectivity index (χ3n) is 4.31. The molecular formula is C16H26N6O7. The van der Waals surface area contributed by atoms with Gasteiger partial charge in [-0.15, -0.1) is 0 Å². The van der Waals surface area contributed by atoms with E-state index in [1.165, 1.54) is 4.90 Å². The Morgan fingerprint density at radius 2 is 1.76 bits per heavy atom. The number of carbonyl (C=O) groups is 6. The van der Waals surface area contributed by atoms with E-state index in [-0.39, 0.29) is 19.4 Å². The molecule has 0 saturated carbocycles. The molecule has 1 heterocycles. The van der Waals surface area contributed by atoms with Crippen molar-refractivity contribution in [3.05, 3.63) is 0 Å². The Bertz CT molecular complexity index is 683. The Kier molecular flexibility index (Phi) is 8.99. The number of primary amides is 2. The summed E-state index contributed by atoms with van der Waals surface area (Å²) in [7, 11) is 0. The molecule has 9 N–H and O–H groups in total. The first-order valence-corrected chi connectivity index (χ1v) is 8.95. The predicted molar refractivity (Wildman–Crippen MR) is 97.5 cm³/mol. The number of nitrogens with one attached hydrogen (secondary N) is 2. The standard InChI is InChI=1S/C16H26N6O7/c17-8(3-4-11(18)23)16(29)22-5-1-2-10(22)15(28)21-9(6-12(19)24)14(27)20-7-13(25)26/h8-10H,1-7,17H2,(H2,18,23)(H2,19,24)(H,20,27)(H,21,28)(H,25,26). The first-order chi connectivity index (χ1) is 13.5. The molecule has 0 aromatic heterocycles. The zero-order valence-corrected chi connectivity index (χ0v) is 15.8. The molecule has 1 rings (SSSR count). The number of nitrogens with two attached hydrogens (primary N) is 3. The topological polar surface area (TPSA) is 228 Å². The van der Waals surface area contributed by atoms with Crippen LogP contribution in [-0.4, -0.2) is 76.7 Å². The second-order valence-corrected chi connectivity index (χ2v) is 6.64. The average Bonchev–Trinajstić information content (AvgIpc) is 3.12. The van der Waals surface area contributed by atoms with Crippen LogP contribution in [0.1, 0.15) is 32.1 Å². The molecule has 3 unspecified atom stereocenters. The van der Waals surface area contributed by atoms with Crippen LogP contribution in [0.15, 0.2) is 0 Å². The maximum Gasteiger partial charge on any atom is 0.322 e. The van der Waals surface area contributed by atoms with Gasteiger partial charge in [-0.05, 0) is 19.3 Å². The predicted octanol–water partition coefficient (Wildman–Crippen LogP) is -3.87. The molecule has 29 heavy (non-hydrogen) atoms. The fourth-order valence-electron chi connectivity index (χ4n) is 2.90. The van der Waals surface area contributed by atoms with Crippen molar-refractivity contribution in [1.82, 2.24) is 15.5 Å². The molecule has 13 heteroatoms. The molecule has 5 amide bonds. The molecule has 1 aliphatic heterocycles. The highest BCUT2D eigenvalue weighted by molar-refractivity contribution is 5.96. The summed E-state index contributed by atoms with van der Waals surface area (Å²) in [6.45, 7) is -0.445. The van der Waals surface area contributed by atoms with E-state index in [2.05, 4.69) is 10.6 Å². The van der Waals surface area contributed by atoms with Crippen molar-refractivity contribution >= 4 is 35.5 Å². The van der Waals surface area contributed by atoms with Crippen LogP contribution in [0.5, 0.6) is 0 Å². The summed E-state index contributed by atoms with van der Waals surface area (Å²) in [5.74, 6) is -4.92. The summed E-state index contributed by atoms with van der Waals surface area (Å²) in [6, 6.07) is -3.33. The van der Waals surface area contributed by atoms with Gasteiger partial charge in [0.1, 0.15) is 18.6 Å². The largest absolute Gasteiger partial charge is 0.480 e. The van der Waals surface area contributed by atoms with E-state index in [4.69, 9.17) is 22.3 Å². The summed E-state index contributed by atoms with van der Waals surface area (Å²) in [6.07, 6.45) is 0.219. The molecule has 3 atom stereocenters. The van der Waals surface area contributed by atoms with Crippen LogP contribution >= 0.6 is 0 Å². The minimum Gasteiger partial charge on any atom is -0.480 e. The Morgan fingerprint density at radius 3 is 2.31 bits per heavy atom. The minimum atomic E-state index is -1.39. The maximum atomic E-state index is 12.6. The van der Waals surface area contributed by atoms with Crippen molar-refractivity contribution in [3.63, 3.8) is 0 Å². The number of hydrogen-bond acceptors (Lipinski definition) is 7. The van der Waals surface area contributed by atoms with Crippen LogP contribution in [0.25, 0.3) is 0 Å². The highest BCUT2D eigenvalue weighted by atomic mass is 16.4. The summed E-state index contributed by atoms with van der Waals surface area (Å²) >= 11 is 0. The van der Waals surface area contributed by atoms with Gasteiger partial charge in [-0.1, -0.05) is 0 Å². The van der Waals surface area contributed by atoms with Crippen LogP contribution in [0.2, 0.25) is 0 Å². The fraction of sp³-hybridized carbons (Fsp3) is 0.625. The van der Waals surface area contributed by atoms with E-state index in [9.17, 15) is 28.8 Å². The molecule has 1 aliphatic rings. The summed E-state index contributed by atoms with van der Waals surface area (Å²) in [4.78, 5) is 71.1. The van der Waals surface area contributed by atoms with Crippen molar-refractivity contribution in [3.8, 4) is 0 Å². The van der Waals surface area contributed by atoms with Crippen LogP contribution in [0.4, 0.5) is 0 Å². The van der Waals surface area contributed by atoms with Crippen molar-refractivity contribution in [2.45, 2.75) is 50.2 Å². The second-order valence-electron chi connectivity index (χ2n) is 6.64. The average molecular weight is 414 g/mol. The lowest BCUT2D eigenvalue weighted by Gasteiger charge is -2.28. The number of nitrogens with zero attached hydrogens (tertiary/aromatic N) is 1. The Hall–Kier alpha value is -3.22. The van der Waals surface area contributed by atoms with Crippen molar-refractivity contribution in [1.29, 1.82) is 0 Å². The zero-order valence-electron chi connectivity index (χ0n) is 15.8. The highest BCUT2D eigenvalue weighted by Gasteiger charge is 2.37. The summed E-state index contributed by atoms with van der Waals surface area (Å²) in [5.41, 5.74) is 15.9. The van der Waals surface area contributed by atoms with Gasteiger partial charge in [-0.2, -0.15) is 0 Å². The van der Waals surface area contributed by atoms with Gasteiger partial charge in [0.25, 0.3) is 0 Å². The summed E-state index contributed by atoms with van der Waals surface area (Å²) < 4.78 is 0. The van der Waals surface area contributed by atoms with E-state index < -0.39 is 66.6 Å². The van der Waals surface area contributed by atoms with Crippen LogP contribution in [-0.2, 0) is 28.8 Å². The van der Waals surface area contributed by atoms with Crippen molar-refractivity contribution in [2.75, 3.05) is 13.1 Å². The molecule has 0 aliphatic carbocycles. The molecule has 162 valence electrons. The molecular weight excluding hydrogens is 388 g/mol. The minimum absolute atomic E-state index is 0.0287. The van der Waals surface area contributed by atoms with Crippen LogP contribution in [0, 0.1) is 0 Å². The monoisotopic (exact) mass is 414 g/mol. The molecule has 0 aromatic carbocycles. The number of rotatable bonds is 11. The molecule has 1 fully saturated rings. The molecule has 0 aromatic rings. The zero-order chi connectivity index (χ0) is 22.1. The normalized spacial score (nSPS) is 17.8. The number of carboxylic acid groups (broad SMARTS) is 1. The lowest BCUT2D eigenvalue weighted by Crippen LogP contribution is -2.56. The number of amides is 5.